The van der Waals surface area contributed by atoms with Gasteiger partial charge in [0.25, 0.3) is 0 Å². The maximum absolute atomic E-state index is 12.9. The van der Waals surface area contributed by atoms with Gasteiger partial charge < -0.3 is 20.1 Å². The zero-order valence-electron chi connectivity index (χ0n) is 19.4. The Kier molecular flexibility index (Phi) is 6.52. The minimum absolute atomic E-state index is 0.0115. The van der Waals surface area contributed by atoms with Gasteiger partial charge in [0.15, 0.2) is 10.8 Å². The molecule has 2 aliphatic rings. The van der Waals surface area contributed by atoms with Crippen molar-refractivity contribution in [2.24, 2.45) is 5.92 Å². The Morgan fingerprint density at radius 2 is 2.11 bits per heavy atom. The van der Waals surface area contributed by atoms with E-state index in [1.807, 2.05) is 4.90 Å². The molecule has 0 aromatic carbocycles. The monoisotopic (exact) mass is 497 g/mol. The number of rotatable bonds is 6. The molecule has 1 atom stereocenters. The van der Waals surface area contributed by atoms with Crippen LogP contribution < -0.4 is 15.6 Å². The highest BCUT2D eigenvalue weighted by atomic mass is 32.1. The summed E-state index contributed by atoms with van der Waals surface area (Å²) in [6, 6.07) is 1.77. The predicted molar refractivity (Wildman–Crippen MR) is 132 cm³/mol. The summed E-state index contributed by atoms with van der Waals surface area (Å²) in [5, 5.41) is 15.1. The lowest BCUT2D eigenvalue weighted by molar-refractivity contribution is -0.126. The second kappa shape index (κ2) is 9.74. The maximum atomic E-state index is 12.9. The number of aromatic nitrogens is 3. The molecule has 184 valence electrons. The molecule has 10 nitrogen and oxygen atoms in total. The van der Waals surface area contributed by atoms with Crippen molar-refractivity contribution in [1.82, 2.24) is 19.9 Å². The zero-order chi connectivity index (χ0) is 24.5. The largest absolute Gasteiger partial charge is 0.477 e. The zero-order valence-corrected chi connectivity index (χ0v) is 20.2. The molecule has 5 heterocycles. The molecule has 0 radical (unpaired) electrons. The Morgan fingerprint density at radius 3 is 2.86 bits per heavy atom. The summed E-state index contributed by atoms with van der Waals surface area (Å²) >= 11 is 1.32. The van der Waals surface area contributed by atoms with Crippen LogP contribution in [0.4, 0.5) is 5.82 Å². The Hall–Kier alpha value is -3.31. The van der Waals surface area contributed by atoms with Crippen LogP contribution in [0.1, 0.15) is 41.6 Å². The normalized spacial score (nSPS) is 18.8. The smallest absolute Gasteiger partial charge is 0.341 e. The van der Waals surface area contributed by atoms with Crippen LogP contribution in [0.5, 0.6) is 0 Å². The highest BCUT2D eigenvalue weighted by Gasteiger charge is 2.34. The van der Waals surface area contributed by atoms with Gasteiger partial charge in [-0.3, -0.25) is 14.2 Å². The Morgan fingerprint density at radius 1 is 1.29 bits per heavy atom. The standard InChI is InChI=1S/C24H27N5O5S/c1-14-9-18(28-11-15(12-28)22(31)26-10-16-5-3-2-4-7-34-16)27-21-19(14)20(30)17(23(32)33)13-29(21)24-25-6-8-35-24/h6,8-9,13,15-16H,2-5,7,10-12H2,1H3,(H,26,31)(H,32,33). The number of anilines is 1. The first kappa shape index (κ1) is 23.4. The molecular formula is C24H27N5O5S. The van der Waals surface area contributed by atoms with Gasteiger partial charge in [0.1, 0.15) is 11.4 Å². The molecule has 35 heavy (non-hydrogen) atoms. The van der Waals surface area contributed by atoms with Gasteiger partial charge in [0.2, 0.25) is 11.3 Å². The number of amides is 1. The summed E-state index contributed by atoms with van der Waals surface area (Å²) < 4.78 is 7.35. The van der Waals surface area contributed by atoms with Crippen molar-refractivity contribution >= 4 is 40.1 Å². The number of hydrogen-bond donors (Lipinski definition) is 2. The topological polar surface area (TPSA) is 127 Å². The van der Waals surface area contributed by atoms with Crippen LogP contribution >= 0.6 is 11.3 Å². The molecule has 11 heteroatoms. The number of ether oxygens (including phenoxy) is 1. The molecule has 2 aliphatic heterocycles. The SMILES string of the molecule is Cc1cc(N2CC(C(=O)NCC3CCCCCO3)C2)nc2c1c(=O)c(C(=O)O)cn2-c1nccs1. The number of carboxylic acids is 1. The fraction of sp³-hybridized carbons (Fsp3) is 0.458. The van der Waals surface area contributed by atoms with Crippen LogP contribution in [0.15, 0.2) is 28.6 Å². The number of carbonyl (C=O) groups excluding carboxylic acids is 1. The van der Waals surface area contributed by atoms with Crippen LogP contribution in [0.25, 0.3) is 16.2 Å². The number of nitrogens with zero attached hydrogens (tertiary/aromatic N) is 4. The summed E-state index contributed by atoms with van der Waals surface area (Å²) in [5.74, 6) is -0.790. The van der Waals surface area contributed by atoms with E-state index in [2.05, 4.69) is 10.3 Å². The van der Waals surface area contributed by atoms with Crippen molar-refractivity contribution in [3.05, 3.63) is 45.2 Å². The molecule has 0 saturated carbocycles. The summed E-state index contributed by atoms with van der Waals surface area (Å²) in [6.45, 7) is 4.09. The number of thiazole rings is 1. The van der Waals surface area contributed by atoms with Gasteiger partial charge in [-0.25, -0.2) is 14.8 Å². The van der Waals surface area contributed by atoms with E-state index in [0.29, 0.717) is 41.8 Å². The highest BCUT2D eigenvalue weighted by molar-refractivity contribution is 7.12. The Bertz CT molecular complexity index is 1310. The lowest BCUT2D eigenvalue weighted by atomic mass is 9.98. The van der Waals surface area contributed by atoms with Crippen molar-refractivity contribution < 1.29 is 19.4 Å². The van der Waals surface area contributed by atoms with E-state index in [1.54, 1.807) is 29.1 Å². The molecule has 2 saturated heterocycles. The average Bonchev–Trinajstić information content (AvgIpc) is 3.19. The number of fused-ring (bicyclic) bond motifs is 1. The molecule has 3 aromatic heterocycles. The van der Waals surface area contributed by atoms with Crippen LogP contribution in [-0.4, -0.2) is 63.9 Å². The van der Waals surface area contributed by atoms with Gasteiger partial charge in [-0.15, -0.1) is 11.3 Å². The van der Waals surface area contributed by atoms with Crippen LogP contribution in [0, 0.1) is 12.8 Å². The fourth-order valence-corrected chi connectivity index (χ4v) is 5.23. The number of carboxylic acid groups (broad SMARTS) is 1. The van der Waals surface area contributed by atoms with Gasteiger partial charge in [-0.05, 0) is 31.4 Å². The molecule has 3 aromatic rings. The fourth-order valence-electron chi connectivity index (χ4n) is 4.61. The Labute approximate surface area is 205 Å². The van der Waals surface area contributed by atoms with Gasteiger partial charge >= 0.3 is 5.97 Å². The second-order valence-corrected chi connectivity index (χ2v) is 9.92. The lowest BCUT2D eigenvalue weighted by Gasteiger charge is -2.39. The Balaban J connectivity index is 1.36. The highest BCUT2D eigenvalue weighted by Crippen LogP contribution is 2.28. The molecule has 0 spiro atoms. The quantitative estimate of drug-likeness (QED) is 0.532. The van der Waals surface area contributed by atoms with E-state index in [9.17, 15) is 19.5 Å². The number of pyridine rings is 2. The molecule has 0 bridgehead atoms. The van der Waals surface area contributed by atoms with Crippen LogP contribution in [-0.2, 0) is 9.53 Å². The second-order valence-electron chi connectivity index (χ2n) is 9.05. The maximum Gasteiger partial charge on any atom is 0.341 e. The summed E-state index contributed by atoms with van der Waals surface area (Å²) in [5.41, 5.74) is 0.0762. The van der Waals surface area contributed by atoms with Gasteiger partial charge in [-0.1, -0.05) is 12.8 Å². The molecule has 1 amide bonds. The number of carbonyl (C=O) groups is 2. The minimum Gasteiger partial charge on any atom is -0.477 e. The number of hydrogen-bond acceptors (Lipinski definition) is 8. The van der Waals surface area contributed by atoms with Crippen molar-refractivity contribution in [2.45, 2.75) is 38.7 Å². The first-order chi connectivity index (χ1) is 16.9. The molecule has 0 aliphatic carbocycles. The van der Waals surface area contributed by atoms with E-state index in [-0.39, 0.29) is 28.9 Å². The van der Waals surface area contributed by atoms with E-state index in [0.717, 1.165) is 25.9 Å². The summed E-state index contributed by atoms with van der Waals surface area (Å²) in [7, 11) is 0. The minimum atomic E-state index is -1.29. The van der Waals surface area contributed by atoms with Crippen molar-refractivity contribution in [1.29, 1.82) is 0 Å². The van der Waals surface area contributed by atoms with Crippen molar-refractivity contribution in [3.63, 3.8) is 0 Å². The average molecular weight is 498 g/mol. The summed E-state index contributed by atoms with van der Waals surface area (Å²) in [6.07, 6.45) is 7.33. The first-order valence-electron chi connectivity index (χ1n) is 11.8. The van der Waals surface area contributed by atoms with E-state index in [4.69, 9.17) is 9.72 Å². The molecule has 1 unspecified atom stereocenters. The number of aromatic carboxylic acids is 1. The third kappa shape index (κ3) is 4.65. The predicted octanol–water partition coefficient (Wildman–Crippen LogP) is 2.36. The third-order valence-electron chi connectivity index (χ3n) is 6.60. The third-order valence-corrected chi connectivity index (χ3v) is 7.37. The van der Waals surface area contributed by atoms with Gasteiger partial charge in [0, 0.05) is 44.0 Å². The molecule has 2 fully saturated rings. The van der Waals surface area contributed by atoms with Crippen LogP contribution in [0.2, 0.25) is 0 Å². The van der Waals surface area contributed by atoms with Crippen molar-refractivity contribution in [2.75, 3.05) is 31.1 Å². The van der Waals surface area contributed by atoms with E-state index >= 15 is 0 Å². The molecule has 2 N–H and O–H groups in total. The van der Waals surface area contributed by atoms with E-state index in [1.165, 1.54) is 24.0 Å². The molecular weight excluding hydrogens is 470 g/mol. The van der Waals surface area contributed by atoms with E-state index < -0.39 is 11.4 Å². The van der Waals surface area contributed by atoms with Gasteiger partial charge in [0.05, 0.1) is 17.4 Å². The van der Waals surface area contributed by atoms with Crippen molar-refractivity contribution in [3.8, 4) is 5.13 Å². The van der Waals surface area contributed by atoms with Gasteiger partial charge in [-0.2, -0.15) is 0 Å². The van der Waals surface area contributed by atoms with Crippen LogP contribution in [0.3, 0.4) is 0 Å². The first-order valence-corrected chi connectivity index (χ1v) is 12.6. The lowest BCUT2D eigenvalue weighted by Crippen LogP contribution is -2.54. The number of aryl methyl sites for hydroxylation is 1. The number of nitrogens with one attached hydrogen (secondary N) is 1. The summed E-state index contributed by atoms with van der Waals surface area (Å²) in [4.78, 5) is 48.2. The molecule has 5 rings (SSSR count).